The number of ether oxygens (including phenoxy) is 1. The third-order valence-electron chi connectivity index (χ3n) is 4.41. The zero-order chi connectivity index (χ0) is 19.5. The number of aliphatic imine (C=N–C) groups is 1. The fourth-order valence-electron chi connectivity index (χ4n) is 2.92. The maximum absolute atomic E-state index is 11.8. The van der Waals surface area contributed by atoms with E-state index in [0.29, 0.717) is 38.7 Å². The Balaban J connectivity index is 1.67. The van der Waals surface area contributed by atoms with Crippen LogP contribution in [0, 0.1) is 0 Å². The minimum Gasteiger partial charge on any atom is -0.374 e. The van der Waals surface area contributed by atoms with Crippen molar-refractivity contribution in [1.29, 1.82) is 0 Å². The van der Waals surface area contributed by atoms with Crippen LogP contribution in [0.15, 0.2) is 35.3 Å². The van der Waals surface area contributed by atoms with Crippen LogP contribution < -0.4 is 10.6 Å². The maximum Gasteiger partial charge on any atom is 0.214 e. The quantitative estimate of drug-likeness (QED) is 0.358. The molecule has 0 spiro atoms. The molecule has 27 heavy (non-hydrogen) atoms. The molecule has 1 unspecified atom stereocenters. The molecule has 7 nitrogen and oxygen atoms in total. The van der Waals surface area contributed by atoms with Crippen molar-refractivity contribution in [1.82, 2.24) is 14.9 Å². The molecule has 1 fully saturated rings. The summed E-state index contributed by atoms with van der Waals surface area (Å²) in [5.41, 5.74) is 1.17. The van der Waals surface area contributed by atoms with Crippen LogP contribution >= 0.6 is 0 Å². The first kappa shape index (κ1) is 21.7. The zero-order valence-corrected chi connectivity index (χ0v) is 17.2. The van der Waals surface area contributed by atoms with Crippen LogP contribution in [0.3, 0.4) is 0 Å². The van der Waals surface area contributed by atoms with E-state index in [1.54, 1.807) is 4.31 Å². The number of guanidine groups is 1. The largest absolute Gasteiger partial charge is 0.374 e. The summed E-state index contributed by atoms with van der Waals surface area (Å²) in [5.74, 6) is 0.980. The first-order chi connectivity index (χ1) is 13.0. The molecule has 8 heteroatoms. The van der Waals surface area contributed by atoms with Gasteiger partial charge in [-0.05, 0) is 32.3 Å². The van der Waals surface area contributed by atoms with E-state index >= 15 is 0 Å². The Morgan fingerprint density at radius 2 is 2.07 bits per heavy atom. The maximum atomic E-state index is 11.8. The van der Waals surface area contributed by atoms with Crippen molar-refractivity contribution in [2.45, 2.75) is 32.8 Å². The van der Waals surface area contributed by atoms with Gasteiger partial charge >= 0.3 is 0 Å². The molecule has 1 heterocycles. The summed E-state index contributed by atoms with van der Waals surface area (Å²) in [5, 5.41) is 6.39. The van der Waals surface area contributed by atoms with Crippen LogP contribution in [0.1, 0.15) is 38.4 Å². The highest BCUT2D eigenvalue weighted by Crippen LogP contribution is 2.15. The van der Waals surface area contributed by atoms with Gasteiger partial charge in [-0.3, -0.25) is 4.99 Å². The Hall–Kier alpha value is -1.64. The number of rotatable bonds is 10. The highest BCUT2D eigenvalue weighted by molar-refractivity contribution is 7.89. The van der Waals surface area contributed by atoms with Gasteiger partial charge in [0.25, 0.3) is 0 Å². The smallest absolute Gasteiger partial charge is 0.214 e. The van der Waals surface area contributed by atoms with Crippen LogP contribution in [-0.2, 0) is 14.8 Å². The summed E-state index contributed by atoms with van der Waals surface area (Å²) < 4.78 is 31.0. The molecular formula is C19H32N4O3S. The van der Waals surface area contributed by atoms with Crippen molar-refractivity contribution in [3.8, 4) is 0 Å². The molecule has 0 aliphatic carbocycles. The zero-order valence-electron chi connectivity index (χ0n) is 16.4. The van der Waals surface area contributed by atoms with Crippen molar-refractivity contribution in [2.75, 3.05) is 45.1 Å². The van der Waals surface area contributed by atoms with Gasteiger partial charge in [0.15, 0.2) is 5.96 Å². The van der Waals surface area contributed by atoms with Gasteiger partial charge in [-0.2, -0.15) is 0 Å². The van der Waals surface area contributed by atoms with Crippen LogP contribution in [0.5, 0.6) is 0 Å². The number of hydrogen-bond acceptors (Lipinski definition) is 4. The van der Waals surface area contributed by atoms with Gasteiger partial charge in [0.1, 0.15) is 0 Å². The Labute approximate surface area is 163 Å². The molecule has 1 atom stereocenters. The topological polar surface area (TPSA) is 83.0 Å². The van der Waals surface area contributed by atoms with E-state index in [-0.39, 0.29) is 11.9 Å². The van der Waals surface area contributed by atoms with Crippen LogP contribution in [0.25, 0.3) is 0 Å². The van der Waals surface area contributed by atoms with Crippen molar-refractivity contribution < 1.29 is 13.2 Å². The Bertz CT molecular complexity index is 679. The summed E-state index contributed by atoms with van der Waals surface area (Å²) >= 11 is 0. The molecule has 1 aliphatic rings. The van der Waals surface area contributed by atoms with E-state index in [9.17, 15) is 8.42 Å². The lowest BCUT2D eigenvalue weighted by Crippen LogP contribution is -2.42. The van der Waals surface area contributed by atoms with Gasteiger partial charge in [0, 0.05) is 39.3 Å². The Morgan fingerprint density at radius 3 is 2.74 bits per heavy atom. The van der Waals surface area contributed by atoms with Crippen molar-refractivity contribution in [3.05, 3.63) is 35.9 Å². The third-order valence-corrected chi connectivity index (χ3v) is 6.37. The first-order valence-corrected chi connectivity index (χ1v) is 11.3. The predicted molar refractivity (Wildman–Crippen MR) is 109 cm³/mol. The predicted octanol–water partition coefficient (Wildman–Crippen LogP) is 1.74. The summed E-state index contributed by atoms with van der Waals surface area (Å²) in [7, 11) is -3.04. The summed E-state index contributed by atoms with van der Waals surface area (Å²) in [6, 6.07) is 10.2. The number of nitrogens with zero attached hydrogens (tertiary/aromatic N) is 2. The van der Waals surface area contributed by atoms with Crippen molar-refractivity contribution >= 4 is 16.0 Å². The molecule has 1 aromatic carbocycles. The minimum absolute atomic E-state index is 0.0731. The lowest BCUT2D eigenvalue weighted by atomic mass is 10.1. The lowest BCUT2D eigenvalue weighted by Gasteiger charge is -2.16. The van der Waals surface area contributed by atoms with Gasteiger partial charge in [0.2, 0.25) is 10.0 Å². The summed E-state index contributed by atoms with van der Waals surface area (Å²) in [4.78, 5) is 4.53. The van der Waals surface area contributed by atoms with Gasteiger partial charge < -0.3 is 15.4 Å². The highest BCUT2D eigenvalue weighted by atomic mass is 32.2. The molecule has 0 bridgehead atoms. The highest BCUT2D eigenvalue weighted by Gasteiger charge is 2.27. The van der Waals surface area contributed by atoms with E-state index in [1.165, 1.54) is 5.56 Å². The summed E-state index contributed by atoms with van der Waals surface area (Å²) in [6.07, 6.45) is 1.62. The second-order valence-electron chi connectivity index (χ2n) is 6.53. The second-order valence-corrected chi connectivity index (χ2v) is 8.62. The molecule has 152 valence electrons. The average Bonchev–Trinajstić information content (AvgIpc) is 3.00. The van der Waals surface area contributed by atoms with Crippen LogP contribution in [0.4, 0.5) is 0 Å². The molecule has 1 aromatic rings. The van der Waals surface area contributed by atoms with Crippen LogP contribution in [-0.4, -0.2) is 63.8 Å². The fraction of sp³-hybridized carbons (Fsp3) is 0.632. The van der Waals surface area contributed by atoms with E-state index in [4.69, 9.17) is 4.74 Å². The third kappa shape index (κ3) is 7.48. The lowest BCUT2D eigenvalue weighted by molar-refractivity contribution is 0.0652. The second kappa shape index (κ2) is 11.3. The first-order valence-electron chi connectivity index (χ1n) is 9.69. The van der Waals surface area contributed by atoms with Gasteiger partial charge in [-0.1, -0.05) is 30.3 Å². The van der Waals surface area contributed by atoms with E-state index in [0.717, 1.165) is 19.4 Å². The molecule has 0 aromatic heterocycles. The van der Waals surface area contributed by atoms with Gasteiger partial charge in [-0.15, -0.1) is 0 Å². The Morgan fingerprint density at radius 1 is 1.30 bits per heavy atom. The molecule has 1 aliphatic heterocycles. The van der Waals surface area contributed by atoms with E-state index < -0.39 is 10.0 Å². The molecule has 0 amide bonds. The number of hydrogen-bond donors (Lipinski definition) is 2. The number of sulfonamides is 1. The van der Waals surface area contributed by atoms with Crippen LogP contribution in [0.2, 0.25) is 0 Å². The average molecular weight is 397 g/mol. The van der Waals surface area contributed by atoms with E-state index in [1.807, 2.05) is 25.1 Å². The molecule has 2 N–H and O–H groups in total. The molecule has 0 radical (unpaired) electrons. The molecule has 1 saturated heterocycles. The Kier molecular flexibility index (Phi) is 9.03. The summed E-state index contributed by atoms with van der Waals surface area (Å²) in [6.45, 7) is 7.76. The standard InChI is InChI=1S/C19H32N4O3S/c1-3-20-19(22-12-14-23-13-8-16-27(23,24)25)21-11-7-15-26-17(2)18-9-5-4-6-10-18/h4-6,9-10,17H,3,7-8,11-16H2,1-2H3,(H2,20,21,22). The minimum atomic E-state index is -3.04. The molecular weight excluding hydrogens is 364 g/mol. The SMILES string of the molecule is CCNC(=NCCCOC(C)c1ccccc1)NCCN1CCCS1(=O)=O. The number of benzene rings is 1. The van der Waals surface area contributed by atoms with E-state index in [2.05, 4.69) is 34.7 Å². The van der Waals surface area contributed by atoms with Crippen molar-refractivity contribution in [3.63, 3.8) is 0 Å². The molecule has 2 rings (SSSR count). The fourth-order valence-corrected chi connectivity index (χ4v) is 4.45. The van der Waals surface area contributed by atoms with Crippen molar-refractivity contribution in [2.24, 2.45) is 4.99 Å². The monoisotopic (exact) mass is 396 g/mol. The van der Waals surface area contributed by atoms with Gasteiger partial charge in [-0.25, -0.2) is 12.7 Å². The van der Waals surface area contributed by atoms with Gasteiger partial charge in [0.05, 0.1) is 11.9 Å². The normalized spacial score (nSPS) is 18.4. The molecule has 0 saturated carbocycles. The number of nitrogens with one attached hydrogen (secondary N) is 2.